The van der Waals surface area contributed by atoms with Crippen molar-refractivity contribution in [2.24, 2.45) is 0 Å². The normalized spacial score (nSPS) is 14.5. The van der Waals surface area contributed by atoms with Crippen LogP contribution in [0.15, 0.2) is 36.5 Å². The van der Waals surface area contributed by atoms with Crippen LogP contribution >= 0.6 is 0 Å². The number of hydrazine groups is 1. The van der Waals surface area contributed by atoms with Gasteiger partial charge >= 0.3 is 0 Å². The fourth-order valence-electron chi connectivity index (χ4n) is 1.26. The van der Waals surface area contributed by atoms with Gasteiger partial charge in [-0.05, 0) is 18.2 Å². The van der Waals surface area contributed by atoms with Crippen LogP contribution in [0.1, 0.15) is 5.56 Å². The number of hydrogen-bond donors (Lipinski definition) is 1. The number of nitriles is 1. The summed E-state index contributed by atoms with van der Waals surface area (Å²) in [5.74, 6) is 0. The van der Waals surface area contributed by atoms with Gasteiger partial charge in [0.2, 0.25) is 0 Å². The molecule has 3 heteroatoms. The zero-order valence-corrected chi connectivity index (χ0v) is 7.07. The first-order valence-corrected chi connectivity index (χ1v) is 4.10. The summed E-state index contributed by atoms with van der Waals surface area (Å²) in [7, 11) is 0. The molecule has 0 bridgehead atoms. The van der Waals surface area contributed by atoms with E-state index < -0.39 is 0 Å². The summed E-state index contributed by atoms with van der Waals surface area (Å²) in [5.41, 5.74) is 4.81. The van der Waals surface area contributed by atoms with Crippen molar-refractivity contribution in [1.82, 2.24) is 5.43 Å². The third-order valence-electron chi connectivity index (χ3n) is 1.89. The third-order valence-corrected chi connectivity index (χ3v) is 1.89. The van der Waals surface area contributed by atoms with Crippen LogP contribution in [0.3, 0.4) is 0 Å². The molecule has 1 aliphatic heterocycles. The highest BCUT2D eigenvalue weighted by Crippen LogP contribution is 2.15. The molecule has 0 radical (unpaired) electrons. The van der Waals surface area contributed by atoms with Gasteiger partial charge in [-0.2, -0.15) is 5.26 Å². The minimum Gasteiger partial charge on any atom is -0.284 e. The number of anilines is 1. The largest absolute Gasteiger partial charge is 0.284 e. The average Bonchev–Trinajstić information content (AvgIpc) is 2.71. The standard InChI is InChI=1S/C10H9N3/c11-8-9-3-1-4-10(7-9)13-6-2-5-12-13/h1-4,6-7,12H,5H2. The van der Waals surface area contributed by atoms with Gasteiger partial charge in [0.25, 0.3) is 0 Å². The zero-order valence-electron chi connectivity index (χ0n) is 7.07. The first-order valence-electron chi connectivity index (χ1n) is 4.10. The monoisotopic (exact) mass is 171 g/mol. The van der Waals surface area contributed by atoms with Crippen molar-refractivity contribution < 1.29 is 0 Å². The van der Waals surface area contributed by atoms with Crippen molar-refractivity contribution in [3.8, 4) is 6.07 Å². The number of benzene rings is 1. The summed E-state index contributed by atoms with van der Waals surface area (Å²) in [6, 6.07) is 9.60. The lowest BCUT2D eigenvalue weighted by atomic mass is 10.2. The quantitative estimate of drug-likeness (QED) is 0.694. The Balaban J connectivity index is 2.30. The molecule has 0 aromatic heterocycles. The minimum absolute atomic E-state index is 0.680. The van der Waals surface area contributed by atoms with E-state index in [1.165, 1.54) is 0 Å². The lowest BCUT2D eigenvalue weighted by molar-refractivity contribution is 0.814. The van der Waals surface area contributed by atoms with Gasteiger partial charge in [0.15, 0.2) is 0 Å². The van der Waals surface area contributed by atoms with Gasteiger partial charge in [-0.1, -0.05) is 12.1 Å². The smallest absolute Gasteiger partial charge is 0.0992 e. The Kier molecular flexibility index (Phi) is 1.99. The maximum absolute atomic E-state index is 8.70. The van der Waals surface area contributed by atoms with Crippen LogP contribution in [0.5, 0.6) is 0 Å². The van der Waals surface area contributed by atoms with Crippen LogP contribution < -0.4 is 10.4 Å². The molecule has 1 aliphatic rings. The molecule has 1 heterocycles. The molecule has 0 unspecified atom stereocenters. The molecule has 0 fully saturated rings. The first-order chi connectivity index (χ1) is 6.40. The summed E-state index contributed by atoms with van der Waals surface area (Å²) in [6.45, 7) is 0.844. The number of nitrogens with one attached hydrogen (secondary N) is 1. The molecule has 0 aliphatic carbocycles. The molecule has 1 aromatic rings. The van der Waals surface area contributed by atoms with E-state index in [-0.39, 0.29) is 0 Å². The minimum atomic E-state index is 0.680. The topological polar surface area (TPSA) is 39.1 Å². The van der Waals surface area contributed by atoms with E-state index >= 15 is 0 Å². The van der Waals surface area contributed by atoms with Gasteiger partial charge in [0.05, 0.1) is 17.3 Å². The number of nitrogens with zero attached hydrogens (tertiary/aromatic N) is 2. The van der Waals surface area contributed by atoms with Crippen molar-refractivity contribution in [1.29, 1.82) is 5.26 Å². The van der Waals surface area contributed by atoms with E-state index in [1.54, 1.807) is 6.07 Å². The molecule has 0 saturated carbocycles. The lowest BCUT2D eigenvalue weighted by Crippen LogP contribution is -2.28. The predicted octanol–water partition coefficient (Wildman–Crippen LogP) is 1.40. The summed E-state index contributed by atoms with van der Waals surface area (Å²) >= 11 is 0. The SMILES string of the molecule is N#Cc1cccc(N2C=CCN2)c1. The van der Waals surface area contributed by atoms with Gasteiger partial charge in [0.1, 0.15) is 0 Å². The summed E-state index contributed by atoms with van der Waals surface area (Å²) in [6.07, 6.45) is 3.98. The van der Waals surface area contributed by atoms with Crippen molar-refractivity contribution in [3.05, 3.63) is 42.1 Å². The van der Waals surface area contributed by atoms with Crippen LogP contribution in [0, 0.1) is 11.3 Å². The molecule has 0 amide bonds. The molecular formula is C10H9N3. The second-order valence-electron chi connectivity index (χ2n) is 2.78. The van der Waals surface area contributed by atoms with Crippen molar-refractivity contribution in [3.63, 3.8) is 0 Å². The predicted molar refractivity (Wildman–Crippen MR) is 50.8 cm³/mol. The van der Waals surface area contributed by atoms with Crippen molar-refractivity contribution in [2.75, 3.05) is 11.6 Å². The Morgan fingerprint density at radius 1 is 1.46 bits per heavy atom. The zero-order chi connectivity index (χ0) is 9.10. The van der Waals surface area contributed by atoms with Crippen molar-refractivity contribution in [2.45, 2.75) is 0 Å². The molecule has 1 aromatic carbocycles. The molecule has 1 N–H and O–H groups in total. The fraction of sp³-hybridized carbons (Fsp3) is 0.100. The first kappa shape index (κ1) is 7.84. The highest BCUT2D eigenvalue weighted by molar-refractivity contribution is 5.53. The maximum atomic E-state index is 8.70. The summed E-state index contributed by atoms with van der Waals surface area (Å²) in [4.78, 5) is 0. The van der Waals surface area contributed by atoms with Gasteiger partial charge < -0.3 is 0 Å². The molecule has 64 valence electrons. The average molecular weight is 171 g/mol. The van der Waals surface area contributed by atoms with Crippen LogP contribution in [-0.4, -0.2) is 6.54 Å². The number of rotatable bonds is 1. The van der Waals surface area contributed by atoms with E-state index in [1.807, 2.05) is 35.5 Å². The fourth-order valence-corrected chi connectivity index (χ4v) is 1.26. The van der Waals surface area contributed by atoms with Gasteiger partial charge in [0, 0.05) is 12.7 Å². The maximum Gasteiger partial charge on any atom is 0.0992 e. The Bertz CT molecular complexity index is 376. The molecule has 0 atom stereocenters. The Morgan fingerprint density at radius 2 is 2.38 bits per heavy atom. The van der Waals surface area contributed by atoms with Crippen LogP contribution in [0.2, 0.25) is 0 Å². The van der Waals surface area contributed by atoms with E-state index in [2.05, 4.69) is 11.5 Å². The van der Waals surface area contributed by atoms with Crippen LogP contribution in [0.4, 0.5) is 5.69 Å². The van der Waals surface area contributed by atoms with E-state index in [0.717, 1.165) is 12.2 Å². The summed E-state index contributed by atoms with van der Waals surface area (Å²) in [5, 5.41) is 10.6. The Hall–Kier alpha value is -1.79. The molecule has 2 rings (SSSR count). The molecule has 13 heavy (non-hydrogen) atoms. The lowest BCUT2D eigenvalue weighted by Gasteiger charge is -2.15. The molecule has 0 saturated heterocycles. The highest BCUT2D eigenvalue weighted by atomic mass is 15.5. The van der Waals surface area contributed by atoms with Crippen LogP contribution in [0.25, 0.3) is 0 Å². The highest BCUT2D eigenvalue weighted by Gasteiger charge is 2.05. The summed E-state index contributed by atoms with van der Waals surface area (Å²) < 4.78 is 0. The van der Waals surface area contributed by atoms with E-state index in [0.29, 0.717) is 5.56 Å². The molecule has 0 spiro atoms. The van der Waals surface area contributed by atoms with Gasteiger partial charge in [-0.15, -0.1) is 0 Å². The Labute approximate surface area is 76.9 Å². The second kappa shape index (κ2) is 3.30. The Morgan fingerprint density at radius 3 is 3.08 bits per heavy atom. The van der Waals surface area contributed by atoms with E-state index in [9.17, 15) is 0 Å². The van der Waals surface area contributed by atoms with Crippen LogP contribution in [-0.2, 0) is 0 Å². The third kappa shape index (κ3) is 1.53. The number of hydrogen-bond acceptors (Lipinski definition) is 3. The van der Waals surface area contributed by atoms with Gasteiger partial charge in [-0.25, -0.2) is 5.43 Å². The molecular weight excluding hydrogens is 162 g/mol. The van der Waals surface area contributed by atoms with E-state index in [4.69, 9.17) is 5.26 Å². The second-order valence-corrected chi connectivity index (χ2v) is 2.78. The van der Waals surface area contributed by atoms with Gasteiger partial charge in [-0.3, -0.25) is 5.01 Å². The molecule has 3 nitrogen and oxygen atoms in total. The van der Waals surface area contributed by atoms with Crippen molar-refractivity contribution >= 4 is 5.69 Å².